The van der Waals surface area contributed by atoms with E-state index >= 15 is 0 Å². The lowest BCUT2D eigenvalue weighted by Gasteiger charge is -2.32. The van der Waals surface area contributed by atoms with Crippen molar-refractivity contribution in [3.8, 4) is 0 Å². The molecular formula is C22H27NO. The molecule has 0 aromatic heterocycles. The van der Waals surface area contributed by atoms with Crippen molar-refractivity contribution >= 4 is 5.91 Å². The van der Waals surface area contributed by atoms with Gasteiger partial charge in [-0.15, -0.1) is 0 Å². The minimum atomic E-state index is 0.184. The third-order valence-corrected chi connectivity index (χ3v) is 5.09. The second kappa shape index (κ2) is 7.65. The minimum Gasteiger partial charge on any atom is -0.339 e. The SMILES string of the molecule is CC(C)c1ccc(C(=O)N2CCC(Cc3ccccc3)CC2)cc1. The molecule has 2 heteroatoms. The van der Waals surface area contributed by atoms with Crippen LogP contribution in [-0.4, -0.2) is 23.9 Å². The van der Waals surface area contributed by atoms with E-state index in [0.29, 0.717) is 11.8 Å². The van der Waals surface area contributed by atoms with Crippen LogP contribution in [0.3, 0.4) is 0 Å². The third-order valence-electron chi connectivity index (χ3n) is 5.09. The first-order valence-corrected chi connectivity index (χ1v) is 9.06. The van der Waals surface area contributed by atoms with Crippen molar-refractivity contribution in [2.45, 2.75) is 39.0 Å². The van der Waals surface area contributed by atoms with Crippen LogP contribution in [0.1, 0.15) is 54.1 Å². The van der Waals surface area contributed by atoms with Crippen LogP contribution in [0.4, 0.5) is 0 Å². The molecule has 1 aliphatic heterocycles. The summed E-state index contributed by atoms with van der Waals surface area (Å²) in [5, 5.41) is 0. The number of piperidine rings is 1. The molecule has 1 amide bonds. The highest BCUT2D eigenvalue weighted by molar-refractivity contribution is 5.94. The molecule has 0 spiro atoms. The Labute approximate surface area is 145 Å². The van der Waals surface area contributed by atoms with Gasteiger partial charge in [-0.05, 0) is 54.4 Å². The molecule has 1 aliphatic rings. The fourth-order valence-electron chi connectivity index (χ4n) is 3.48. The summed E-state index contributed by atoms with van der Waals surface area (Å²) in [6.07, 6.45) is 3.33. The summed E-state index contributed by atoms with van der Waals surface area (Å²) in [5.41, 5.74) is 3.51. The maximum atomic E-state index is 12.7. The molecule has 126 valence electrons. The minimum absolute atomic E-state index is 0.184. The molecule has 1 fully saturated rings. The van der Waals surface area contributed by atoms with E-state index in [-0.39, 0.29) is 5.91 Å². The van der Waals surface area contributed by atoms with Gasteiger partial charge in [-0.3, -0.25) is 4.79 Å². The molecule has 1 heterocycles. The number of benzene rings is 2. The molecule has 0 unspecified atom stereocenters. The molecule has 1 saturated heterocycles. The first-order chi connectivity index (χ1) is 11.6. The Bertz CT molecular complexity index is 652. The number of rotatable bonds is 4. The van der Waals surface area contributed by atoms with Gasteiger partial charge in [0.2, 0.25) is 0 Å². The Hall–Kier alpha value is -2.09. The van der Waals surface area contributed by atoms with E-state index in [4.69, 9.17) is 0 Å². The highest BCUT2D eigenvalue weighted by Gasteiger charge is 2.23. The summed E-state index contributed by atoms with van der Waals surface area (Å²) < 4.78 is 0. The van der Waals surface area contributed by atoms with Crippen LogP contribution in [-0.2, 0) is 6.42 Å². The van der Waals surface area contributed by atoms with Crippen LogP contribution in [0, 0.1) is 5.92 Å². The number of carbonyl (C=O) groups excluding carboxylic acids is 1. The van der Waals surface area contributed by atoms with Gasteiger partial charge in [-0.25, -0.2) is 0 Å². The van der Waals surface area contributed by atoms with Crippen molar-refractivity contribution in [2.75, 3.05) is 13.1 Å². The number of hydrogen-bond donors (Lipinski definition) is 0. The Kier molecular flexibility index (Phi) is 5.34. The van der Waals surface area contributed by atoms with Crippen LogP contribution in [0.15, 0.2) is 54.6 Å². The van der Waals surface area contributed by atoms with E-state index in [1.807, 2.05) is 17.0 Å². The summed E-state index contributed by atoms with van der Waals surface area (Å²) in [6, 6.07) is 18.8. The summed E-state index contributed by atoms with van der Waals surface area (Å²) in [5.74, 6) is 1.38. The standard InChI is InChI=1S/C22H27NO/c1-17(2)20-8-10-21(11-9-20)22(24)23-14-12-19(13-15-23)16-18-6-4-3-5-7-18/h3-11,17,19H,12-16H2,1-2H3. The molecule has 2 aromatic carbocycles. The second-order valence-electron chi connectivity index (χ2n) is 7.20. The molecular weight excluding hydrogens is 294 g/mol. The van der Waals surface area contributed by atoms with Crippen molar-refractivity contribution in [3.05, 3.63) is 71.3 Å². The van der Waals surface area contributed by atoms with E-state index in [1.165, 1.54) is 11.1 Å². The zero-order valence-electron chi connectivity index (χ0n) is 14.7. The van der Waals surface area contributed by atoms with Gasteiger partial charge in [0, 0.05) is 18.7 Å². The smallest absolute Gasteiger partial charge is 0.253 e. The van der Waals surface area contributed by atoms with Gasteiger partial charge in [0.25, 0.3) is 5.91 Å². The fraction of sp³-hybridized carbons (Fsp3) is 0.409. The van der Waals surface area contributed by atoms with E-state index < -0.39 is 0 Å². The van der Waals surface area contributed by atoms with Crippen molar-refractivity contribution in [1.29, 1.82) is 0 Å². The second-order valence-corrected chi connectivity index (χ2v) is 7.20. The van der Waals surface area contributed by atoms with Crippen LogP contribution in [0.25, 0.3) is 0 Å². The zero-order valence-corrected chi connectivity index (χ0v) is 14.7. The maximum absolute atomic E-state index is 12.7. The molecule has 0 bridgehead atoms. The van der Waals surface area contributed by atoms with Crippen LogP contribution in [0.2, 0.25) is 0 Å². The molecule has 2 aromatic rings. The zero-order chi connectivity index (χ0) is 16.9. The molecule has 0 aliphatic carbocycles. The normalized spacial score (nSPS) is 15.7. The molecule has 3 rings (SSSR count). The predicted octanol–water partition coefficient (Wildman–Crippen LogP) is 4.90. The van der Waals surface area contributed by atoms with Gasteiger partial charge >= 0.3 is 0 Å². The van der Waals surface area contributed by atoms with Crippen LogP contribution < -0.4 is 0 Å². The van der Waals surface area contributed by atoms with E-state index in [2.05, 4.69) is 56.3 Å². The van der Waals surface area contributed by atoms with Gasteiger partial charge in [-0.2, -0.15) is 0 Å². The van der Waals surface area contributed by atoms with E-state index in [1.54, 1.807) is 0 Å². The van der Waals surface area contributed by atoms with Crippen molar-refractivity contribution in [2.24, 2.45) is 5.92 Å². The summed E-state index contributed by atoms with van der Waals surface area (Å²) in [4.78, 5) is 14.7. The quantitative estimate of drug-likeness (QED) is 0.784. The number of carbonyl (C=O) groups is 1. The average molecular weight is 321 g/mol. The van der Waals surface area contributed by atoms with Crippen LogP contribution in [0.5, 0.6) is 0 Å². The topological polar surface area (TPSA) is 20.3 Å². The van der Waals surface area contributed by atoms with Gasteiger partial charge < -0.3 is 4.90 Å². The summed E-state index contributed by atoms with van der Waals surface area (Å²) in [7, 11) is 0. The first kappa shape index (κ1) is 16.8. The number of likely N-dealkylation sites (tertiary alicyclic amines) is 1. The molecule has 0 radical (unpaired) electrons. The average Bonchev–Trinajstić information content (AvgIpc) is 2.63. The van der Waals surface area contributed by atoms with E-state index in [0.717, 1.165) is 37.9 Å². The third kappa shape index (κ3) is 4.05. The summed E-state index contributed by atoms with van der Waals surface area (Å²) >= 11 is 0. The maximum Gasteiger partial charge on any atom is 0.253 e. The van der Waals surface area contributed by atoms with Gasteiger partial charge in [-0.1, -0.05) is 56.3 Å². The van der Waals surface area contributed by atoms with Crippen molar-refractivity contribution < 1.29 is 4.79 Å². The lowest BCUT2D eigenvalue weighted by atomic mass is 9.90. The fourth-order valence-corrected chi connectivity index (χ4v) is 3.48. The predicted molar refractivity (Wildman–Crippen MR) is 99.3 cm³/mol. The Balaban J connectivity index is 1.55. The number of amides is 1. The Morgan fingerprint density at radius 3 is 2.21 bits per heavy atom. The highest BCUT2D eigenvalue weighted by Crippen LogP contribution is 2.23. The van der Waals surface area contributed by atoms with Gasteiger partial charge in [0.1, 0.15) is 0 Å². The monoisotopic (exact) mass is 321 g/mol. The van der Waals surface area contributed by atoms with Crippen molar-refractivity contribution in [3.63, 3.8) is 0 Å². The molecule has 0 saturated carbocycles. The van der Waals surface area contributed by atoms with Crippen LogP contribution >= 0.6 is 0 Å². The van der Waals surface area contributed by atoms with Gasteiger partial charge in [0.05, 0.1) is 0 Å². The number of hydrogen-bond acceptors (Lipinski definition) is 1. The lowest BCUT2D eigenvalue weighted by molar-refractivity contribution is 0.0690. The molecule has 0 atom stereocenters. The highest BCUT2D eigenvalue weighted by atomic mass is 16.2. The molecule has 24 heavy (non-hydrogen) atoms. The lowest BCUT2D eigenvalue weighted by Crippen LogP contribution is -2.38. The van der Waals surface area contributed by atoms with E-state index in [9.17, 15) is 4.79 Å². The molecule has 2 nitrogen and oxygen atoms in total. The molecule has 0 N–H and O–H groups in total. The van der Waals surface area contributed by atoms with Gasteiger partial charge in [0.15, 0.2) is 0 Å². The largest absolute Gasteiger partial charge is 0.339 e. The Morgan fingerprint density at radius 1 is 1.00 bits per heavy atom. The number of nitrogens with zero attached hydrogens (tertiary/aromatic N) is 1. The first-order valence-electron chi connectivity index (χ1n) is 9.06. The Morgan fingerprint density at radius 2 is 1.62 bits per heavy atom. The van der Waals surface area contributed by atoms with Crippen molar-refractivity contribution in [1.82, 2.24) is 4.90 Å². The summed E-state index contributed by atoms with van der Waals surface area (Å²) in [6.45, 7) is 6.10.